The summed E-state index contributed by atoms with van der Waals surface area (Å²) in [7, 11) is 0. The highest BCUT2D eigenvalue weighted by Crippen LogP contribution is 2.32. The van der Waals surface area contributed by atoms with E-state index in [2.05, 4.69) is 15.6 Å². The minimum Gasteiger partial charge on any atom is -0.325 e. The van der Waals surface area contributed by atoms with E-state index in [4.69, 9.17) is 0 Å². The lowest BCUT2D eigenvalue weighted by Gasteiger charge is -2.25. The summed E-state index contributed by atoms with van der Waals surface area (Å²) in [5.74, 6) is -0.865. The molecule has 1 aliphatic rings. The van der Waals surface area contributed by atoms with Crippen molar-refractivity contribution in [2.75, 3.05) is 11.9 Å². The van der Waals surface area contributed by atoms with E-state index in [1.165, 1.54) is 11.3 Å². The summed E-state index contributed by atoms with van der Waals surface area (Å²) in [5.41, 5.74) is 1.09. The van der Waals surface area contributed by atoms with Gasteiger partial charge >= 0.3 is 6.03 Å². The SMILES string of the molecule is CCC1(c2ccccc2)NC(=O)N(CC(=O)Nc2ccc(-c3nccs3)cc2)C1=O. The molecular formula is C22H20N4O3S. The van der Waals surface area contributed by atoms with Crippen molar-refractivity contribution < 1.29 is 14.4 Å². The van der Waals surface area contributed by atoms with Gasteiger partial charge in [-0.2, -0.15) is 0 Å². The zero-order valence-electron chi connectivity index (χ0n) is 16.3. The Hall–Kier alpha value is -3.52. The molecule has 8 heteroatoms. The summed E-state index contributed by atoms with van der Waals surface area (Å²) in [4.78, 5) is 43.3. The van der Waals surface area contributed by atoms with E-state index in [1.54, 1.807) is 30.5 Å². The Morgan fingerprint density at radius 1 is 1.13 bits per heavy atom. The average Bonchev–Trinajstić information content (AvgIpc) is 3.38. The highest BCUT2D eigenvalue weighted by molar-refractivity contribution is 7.13. The van der Waals surface area contributed by atoms with Gasteiger partial charge in [-0.15, -0.1) is 11.3 Å². The third-order valence-electron chi connectivity index (χ3n) is 5.12. The van der Waals surface area contributed by atoms with Crippen molar-refractivity contribution in [3.63, 3.8) is 0 Å². The molecular weight excluding hydrogens is 400 g/mol. The lowest BCUT2D eigenvalue weighted by Crippen LogP contribution is -2.44. The molecule has 3 aromatic rings. The molecule has 1 unspecified atom stereocenters. The van der Waals surface area contributed by atoms with Crippen LogP contribution in [0.5, 0.6) is 0 Å². The summed E-state index contributed by atoms with van der Waals surface area (Å²) in [6.45, 7) is 1.48. The molecule has 0 aliphatic carbocycles. The third kappa shape index (κ3) is 3.57. The van der Waals surface area contributed by atoms with E-state index in [9.17, 15) is 14.4 Å². The molecule has 2 heterocycles. The molecule has 4 rings (SSSR count). The second-order valence-corrected chi connectivity index (χ2v) is 7.80. The van der Waals surface area contributed by atoms with Gasteiger partial charge in [-0.3, -0.25) is 14.5 Å². The molecule has 1 atom stereocenters. The number of urea groups is 1. The number of hydrogen-bond donors (Lipinski definition) is 2. The Balaban J connectivity index is 1.45. The van der Waals surface area contributed by atoms with Crippen molar-refractivity contribution >= 4 is 34.9 Å². The maximum Gasteiger partial charge on any atom is 0.325 e. The van der Waals surface area contributed by atoms with E-state index in [0.717, 1.165) is 15.5 Å². The van der Waals surface area contributed by atoms with Gasteiger partial charge in [-0.25, -0.2) is 9.78 Å². The molecule has 0 radical (unpaired) electrons. The Morgan fingerprint density at radius 2 is 1.87 bits per heavy atom. The average molecular weight is 420 g/mol. The molecule has 1 aliphatic heterocycles. The Labute approximate surface area is 177 Å². The fraction of sp³-hybridized carbons (Fsp3) is 0.182. The Bertz CT molecular complexity index is 1070. The van der Waals surface area contributed by atoms with Gasteiger partial charge in [-0.1, -0.05) is 37.3 Å². The number of benzene rings is 2. The fourth-order valence-corrected chi connectivity index (χ4v) is 4.18. The molecule has 7 nitrogen and oxygen atoms in total. The predicted octanol–water partition coefficient (Wildman–Crippen LogP) is 3.61. The zero-order chi connectivity index (χ0) is 21.1. The van der Waals surface area contributed by atoms with Gasteiger partial charge in [0.05, 0.1) is 0 Å². The number of amides is 4. The monoisotopic (exact) mass is 420 g/mol. The van der Waals surface area contributed by atoms with E-state index in [-0.39, 0.29) is 6.54 Å². The minimum absolute atomic E-state index is 0.354. The van der Waals surface area contributed by atoms with Crippen molar-refractivity contribution in [2.24, 2.45) is 0 Å². The zero-order valence-corrected chi connectivity index (χ0v) is 17.1. The number of nitrogens with one attached hydrogen (secondary N) is 2. The topological polar surface area (TPSA) is 91.4 Å². The van der Waals surface area contributed by atoms with E-state index >= 15 is 0 Å². The van der Waals surface area contributed by atoms with E-state index in [1.807, 2.05) is 42.6 Å². The van der Waals surface area contributed by atoms with E-state index in [0.29, 0.717) is 17.7 Å². The highest BCUT2D eigenvalue weighted by atomic mass is 32.1. The van der Waals surface area contributed by atoms with Gasteiger partial charge in [0.1, 0.15) is 17.1 Å². The van der Waals surface area contributed by atoms with Crippen LogP contribution in [0.4, 0.5) is 10.5 Å². The molecule has 0 saturated carbocycles. The molecule has 152 valence electrons. The van der Waals surface area contributed by atoms with Crippen molar-refractivity contribution in [2.45, 2.75) is 18.9 Å². The first-order valence-electron chi connectivity index (χ1n) is 9.53. The first-order valence-corrected chi connectivity index (χ1v) is 10.4. The smallest absolute Gasteiger partial charge is 0.325 e. The fourth-order valence-electron chi connectivity index (χ4n) is 3.54. The number of thiazole rings is 1. The number of anilines is 1. The summed E-state index contributed by atoms with van der Waals surface area (Å²) in [5, 5.41) is 8.31. The van der Waals surface area contributed by atoms with Gasteiger partial charge in [0.15, 0.2) is 0 Å². The Kier molecular flexibility index (Phi) is 5.33. The van der Waals surface area contributed by atoms with Crippen LogP contribution in [0.2, 0.25) is 0 Å². The number of hydrogen-bond acceptors (Lipinski definition) is 5. The van der Waals surface area contributed by atoms with Gasteiger partial charge in [0.25, 0.3) is 5.91 Å². The van der Waals surface area contributed by atoms with Crippen molar-refractivity contribution in [1.29, 1.82) is 0 Å². The number of aromatic nitrogens is 1. The van der Waals surface area contributed by atoms with Crippen LogP contribution in [0.3, 0.4) is 0 Å². The largest absolute Gasteiger partial charge is 0.325 e. The summed E-state index contributed by atoms with van der Waals surface area (Å²) < 4.78 is 0. The van der Waals surface area contributed by atoms with Crippen molar-refractivity contribution in [3.8, 4) is 10.6 Å². The molecule has 1 saturated heterocycles. The van der Waals surface area contributed by atoms with E-state index < -0.39 is 23.4 Å². The summed E-state index contributed by atoms with van der Waals surface area (Å²) >= 11 is 1.53. The van der Waals surface area contributed by atoms with Gasteiger partial charge in [0, 0.05) is 22.8 Å². The lowest BCUT2D eigenvalue weighted by atomic mass is 9.87. The first-order chi connectivity index (χ1) is 14.5. The maximum atomic E-state index is 13.1. The predicted molar refractivity (Wildman–Crippen MR) is 115 cm³/mol. The highest BCUT2D eigenvalue weighted by Gasteiger charge is 2.51. The molecule has 1 fully saturated rings. The normalized spacial score (nSPS) is 18.4. The second-order valence-electron chi connectivity index (χ2n) is 6.91. The van der Waals surface area contributed by atoms with Crippen LogP contribution in [0.15, 0.2) is 66.2 Å². The maximum absolute atomic E-state index is 13.1. The molecule has 1 aromatic heterocycles. The van der Waals surface area contributed by atoms with Crippen LogP contribution in [0, 0.1) is 0 Å². The van der Waals surface area contributed by atoms with Gasteiger partial charge in [0.2, 0.25) is 5.91 Å². The number of nitrogens with zero attached hydrogens (tertiary/aromatic N) is 2. The first kappa shape index (κ1) is 19.8. The van der Waals surface area contributed by atoms with Crippen molar-refractivity contribution in [3.05, 3.63) is 71.7 Å². The minimum atomic E-state index is -1.14. The van der Waals surface area contributed by atoms with Crippen LogP contribution in [0.25, 0.3) is 10.6 Å². The molecule has 4 amide bonds. The van der Waals surface area contributed by atoms with Crippen molar-refractivity contribution in [1.82, 2.24) is 15.2 Å². The molecule has 2 N–H and O–H groups in total. The molecule has 0 spiro atoms. The molecule has 0 bridgehead atoms. The second kappa shape index (κ2) is 8.08. The number of imide groups is 1. The number of carbonyl (C=O) groups is 3. The van der Waals surface area contributed by atoms with Gasteiger partial charge in [-0.05, 0) is 36.2 Å². The van der Waals surface area contributed by atoms with Crippen LogP contribution < -0.4 is 10.6 Å². The number of rotatable bonds is 6. The summed E-state index contributed by atoms with van der Waals surface area (Å²) in [6, 6.07) is 15.8. The van der Waals surface area contributed by atoms with Gasteiger partial charge < -0.3 is 10.6 Å². The van der Waals surface area contributed by atoms with Crippen LogP contribution >= 0.6 is 11.3 Å². The van der Waals surface area contributed by atoms with Crippen LogP contribution in [-0.4, -0.2) is 34.3 Å². The summed E-state index contributed by atoms with van der Waals surface area (Å²) in [6.07, 6.45) is 2.12. The molecule has 2 aromatic carbocycles. The lowest BCUT2D eigenvalue weighted by molar-refractivity contribution is -0.134. The quantitative estimate of drug-likeness (QED) is 0.596. The third-order valence-corrected chi connectivity index (χ3v) is 5.94. The molecule has 30 heavy (non-hydrogen) atoms. The van der Waals surface area contributed by atoms with Crippen LogP contribution in [-0.2, 0) is 15.1 Å². The standard InChI is InChI=1S/C22H20N4O3S/c1-2-22(16-6-4-3-5-7-16)20(28)26(21(29)25-22)14-18(27)24-17-10-8-15(9-11-17)19-23-12-13-30-19/h3-13H,2,14H2,1H3,(H,24,27)(H,25,29). The Morgan fingerprint density at radius 3 is 2.50 bits per heavy atom. The van der Waals surface area contributed by atoms with Crippen LogP contribution in [0.1, 0.15) is 18.9 Å². The number of carbonyl (C=O) groups excluding carboxylic acids is 3.